The van der Waals surface area contributed by atoms with E-state index in [0.717, 1.165) is 50.9 Å². The first-order valence-electron chi connectivity index (χ1n) is 8.44. The van der Waals surface area contributed by atoms with Gasteiger partial charge < -0.3 is 10.1 Å². The molecule has 0 radical (unpaired) electrons. The largest absolute Gasteiger partial charge is 0.493 e. The second kappa shape index (κ2) is 6.80. The van der Waals surface area contributed by atoms with Crippen LogP contribution in [0.3, 0.4) is 0 Å². The highest BCUT2D eigenvalue weighted by atomic mass is 16.5. The quantitative estimate of drug-likeness (QED) is 0.901. The molecule has 0 aromatic heterocycles. The van der Waals surface area contributed by atoms with E-state index in [1.54, 1.807) is 0 Å². The van der Waals surface area contributed by atoms with Crippen molar-refractivity contribution in [3.8, 4) is 5.75 Å². The lowest BCUT2D eigenvalue weighted by molar-refractivity contribution is 0.159. The Balaban J connectivity index is 1.79. The molecule has 1 aromatic carbocycles. The van der Waals surface area contributed by atoms with E-state index < -0.39 is 0 Å². The van der Waals surface area contributed by atoms with Crippen LogP contribution < -0.4 is 10.1 Å². The Kier molecular flexibility index (Phi) is 4.81. The number of nitrogens with one attached hydrogen (secondary N) is 1. The van der Waals surface area contributed by atoms with Gasteiger partial charge >= 0.3 is 0 Å². The van der Waals surface area contributed by atoms with E-state index in [1.807, 2.05) is 0 Å². The maximum atomic E-state index is 5.65. The molecular weight excluding hydrogens is 260 g/mol. The Morgan fingerprint density at radius 2 is 2.00 bits per heavy atom. The fourth-order valence-corrected chi connectivity index (χ4v) is 3.46. The number of ether oxygens (including phenoxy) is 1. The molecule has 1 aromatic rings. The van der Waals surface area contributed by atoms with Crippen LogP contribution in [0.5, 0.6) is 5.75 Å². The van der Waals surface area contributed by atoms with Gasteiger partial charge in [-0.2, -0.15) is 0 Å². The van der Waals surface area contributed by atoms with Gasteiger partial charge in [-0.05, 0) is 36.0 Å². The van der Waals surface area contributed by atoms with Crippen molar-refractivity contribution in [2.24, 2.45) is 5.92 Å². The summed E-state index contributed by atoms with van der Waals surface area (Å²) in [5, 5.41) is 3.47. The predicted molar refractivity (Wildman–Crippen MR) is 86.9 cm³/mol. The highest BCUT2D eigenvalue weighted by Gasteiger charge is 2.24. The Labute approximate surface area is 128 Å². The SMILES string of the molecule is CC(C)CC[C@@H](c1ccc2c(c1)CCO2)N1CCNCC1. The fraction of sp³-hybridized carbons (Fsp3) is 0.667. The monoisotopic (exact) mass is 288 g/mol. The van der Waals surface area contributed by atoms with Gasteiger partial charge in [-0.3, -0.25) is 4.90 Å². The number of rotatable bonds is 5. The van der Waals surface area contributed by atoms with Crippen molar-refractivity contribution in [2.75, 3.05) is 32.8 Å². The van der Waals surface area contributed by atoms with Gasteiger partial charge in [0.05, 0.1) is 6.61 Å². The predicted octanol–water partition coefficient (Wildman–Crippen LogP) is 3.00. The molecule has 0 unspecified atom stereocenters. The Morgan fingerprint density at radius 1 is 1.19 bits per heavy atom. The molecule has 0 aliphatic carbocycles. The first-order chi connectivity index (χ1) is 10.2. The smallest absolute Gasteiger partial charge is 0.122 e. The molecule has 3 heteroatoms. The second-order valence-electron chi connectivity index (χ2n) is 6.74. The molecule has 0 saturated carbocycles. The number of hydrogen-bond acceptors (Lipinski definition) is 3. The molecule has 1 N–H and O–H groups in total. The average molecular weight is 288 g/mol. The Bertz CT molecular complexity index is 466. The zero-order valence-electron chi connectivity index (χ0n) is 13.4. The van der Waals surface area contributed by atoms with E-state index in [-0.39, 0.29) is 0 Å². The van der Waals surface area contributed by atoms with Gasteiger partial charge in [-0.15, -0.1) is 0 Å². The van der Waals surface area contributed by atoms with E-state index in [4.69, 9.17) is 4.74 Å². The Morgan fingerprint density at radius 3 is 2.76 bits per heavy atom. The van der Waals surface area contributed by atoms with Crippen LogP contribution in [0.25, 0.3) is 0 Å². The summed E-state index contributed by atoms with van der Waals surface area (Å²) in [7, 11) is 0. The van der Waals surface area contributed by atoms with Gasteiger partial charge in [0.2, 0.25) is 0 Å². The third kappa shape index (κ3) is 3.58. The summed E-state index contributed by atoms with van der Waals surface area (Å²) >= 11 is 0. The minimum Gasteiger partial charge on any atom is -0.493 e. The van der Waals surface area contributed by atoms with Crippen molar-refractivity contribution < 1.29 is 4.74 Å². The molecule has 0 spiro atoms. The molecule has 3 rings (SSSR count). The first kappa shape index (κ1) is 14.9. The molecule has 2 aliphatic heterocycles. The third-order valence-electron chi connectivity index (χ3n) is 4.71. The van der Waals surface area contributed by atoms with Gasteiger partial charge in [0.1, 0.15) is 5.75 Å². The molecule has 1 atom stereocenters. The zero-order valence-corrected chi connectivity index (χ0v) is 13.4. The number of piperazine rings is 1. The highest BCUT2D eigenvalue weighted by molar-refractivity contribution is 5.40. The van der Waals surface area contributed by atoms with Crippen molar-refractivity contribution in [3.05, 3.63) is 29.3 Å². The normalized spacial score (nSPS) is 20.3. The molecule has 2 heterocycles. The van der Waals surface area contributed by atoms with Gasteiger partial charge in [-0.1, -0.05) is 26.0 Å². The summed E-state index contributed by atoms with van der Waals surface area (Å²) in [4.78, 5) is 2.66. The summed E-state index contributed by atoms with van der Waals surface area (Å²) in [6.45, 7) is 10.1. The van der Waals surface area contributed by atoms with Gasteiger partial charge in [-0.25, -0.2) is 0 Å². The molecule has 0 amide bonds. The van der Waals surface area contributed by atoms with Gasteiger partial charge in [0.25, 0.3) is 0 Å². The number of nitrogens with zero attached hydrogens (tertiary/aromatic N) is 1. The van der Waals surface area contributed by atoms with Gasteiger partial charge in [0.15, 0.2) is 0 Å². The van der Waals surface area contributed by atoms with E-state index in [0.29, 0.717) is 6.04 Å². The number of benzene rings is 1. The van der Waals surface area contributed by atoms with Crippen LogP contribution in [0.4, 0.5) is 0 Å². The van der Waals surface area contributed by atoms with E-state index in [2.05, 4.69) is 42.3 Å². The third-order valence-corrected chi connectivity index (χ3v) is 4.71. The zero-order chi connectivity index (χ0) is 14.7. The van der Waals surface area contributed by atoms with Crippen molar-refractivity contribution in [3.63, 3.8) is 0 Å². The highest BCUT2D eigenvalue weighted by Crippen LogP contribution is 2.33. The van der Waals surface area contributed by atoms with Gasteiger partial charge in [0, 0.05) is 38.6 Å². The molecule has 1 saturated heterocycles. The lowest BCUT2D eigenvalue weighted by Crippen LogP contribution is -2.45. The summed E-state index contributed by atoms with van der Waals surface area (Å²) in [5.41, 5.74) is 2.89. The van der Waals surface area contributed by atoms with Crippen molar-refractivity contribution >= 4 is 0 Å². The standard InChI is InChI=1S/C18H28N2O/c1-14(2)3-5-17(20-10-8-19-9-11-20)15-4-6-18-16(13-15)7-12-21-18/h4,6,13-14,17,19H,3,5,7-12H2,1-2H3/t17-/m0/s1. The molecule has 116 valence electrons. The summed E-state index contributed by atoms with van der Waals surface area (Å²) in [6.07, 6.45) is 3.63. The summed E-state index contributed by atoms with van der Waals surface area (Å²) in [5.74, 6) is 1.87. The molecule has 2 aliphatic rings. The maximum Gasteiger partial charge on any atom is 0.122 e. The maximum absolute atomic E-state index is 5.65. The topological polar surface area (TPSA) is 24.5 Å². The van der Waals surface area contributed by atoms with Crippen molar-refractivity contribution in [1.29, 1.82) is 0 Å². The fourth-order valence-electron chi connectivity index (χ4n) is 3.46. The van der Waals surface area contributed by atoms with E-state index >= 15 is 0 Å². The number of fused-ring (bicyclic) bond motifs is 1. The summed E-state index contributed by atoms with van der Waals surface area (Å²) < 4.78 is 5.65. The van der Waals surface area contributed by atoms with E-state index in [1.165, 1.54) is 24.0 Å². The second-order valence-corrected chi connectivity index (χ2v) is 6.74. The molecule has 0 bridgehead atoms. The molecular formula is C18H28N2O. The van der Waals surface area contributed by atoms with E-state index in [9.17, 15) is 0 Å². The van der Waals surface area contributed by atoms with Crippen LogP contribution in [0.2, 0.25) is 0 Å². The summed E-state index contributed by atoms with van der Waals surface area (Å²) in [6, 6.07) is 7.44. The molecule has 3 nitrogen and oxygen atoms in total. The lowest BCUT2D eigenvalue weighted by atomic mass is 9.94. The Hall–Kier alpha value is -1.06. The lowest BCUT2D eigenvalue weighted by Gasteiger charge is -2.36. The van der Waals surface area contributed by atoms with Crippen LogP contribution in [-0.4, -0.2) is 37.7 Å². The van der Waals surface area contributed by atoms with Crippen LogP contribution >= 0.6 is 0 Å². The molecule has 21 heavy (non-hydrogen) atoms. The minimum absolute atomic E-state index is 0.570. The molecule has 1 fully saturated rings. The van der Waals surface area contributed by atoms with Crippen LogP contribution in [-0.2, 0) is 6.42 Å². The van der Waals surface area contributed by atoms with Crippen LogP contribution in [0.1, 0.15) is 43.9 Å². The number of hydrogen-bond donors (Lipinski definition) is 1. The van der Waals surface area contributed by atoms with Crippen molar-refractivity contribution in [1.82, 2.24) is 10.2 Å². The first-order valence-corrected chi connectivity index (χ1v) is 8.44. The van der Waals surface area contributed by atoms with Crippen LogP contribution in [0.15, 0.2) is 18.2 Å². The minimum atomic E-state index is 0.570. The average Bonchev–Trinajstić information content (AvgIpc) is 2.96. The van der Waals surface area contributed by atoms with Crippen LogP contribution in [0, 0.1) is 5.92 Å². The van der Waals surface area contributed by atoms with Crippen molar-refractivity contribution in [2.45, 2.75) is 39.2 Å².